The number of rotatable bonds is 5. The molecule has 3 aromatic rings. The molecule has 24 heavy (non-hydrogen) atoms. The number of benzene rings is 2. The van der Waals surface area contributed by atoms with Crippen molar-refractivity contribution in [2.24, 2.45) is 0 Å². The SMILES string of the molecule is Cc1ccc(-n2cnnc2SCC(O)c2ccccc2F)c(C)c1. The Labute approximate surface area is 144 Å². The van der Waals surface area contributed by atoms with Crippen LogP contribution in [-0.4, -0.2) is 25.6 Å². The maximum Gasteiger partial charge on any atom is 0.195 e. The number of nitrogens with zero attached hydrogens (tertiary/aromatic N) is 3. The van der Waals surface area contributed by atoms with Crippen LogP contribution >= 0.6 is 11.8 Å². The topological polar surface area (TPSA) is 50.9 Å². The van der Waals surface area contributed by atoms with E-state index in [0.29, 0.717) is 16.5 Å². The second-order valence-electron chi connectivity index (χ2n) is 5.62. The second-order valence-corrected chi connectivity index (χ2v) is 6.61. The summed E-state index contributed by atoms with van der Waals surface area (Å²) < 4.78 is 15.6. The summed E-state index contributed by atoms with van der Waals surface area (Å²) in [6.45, 7) is 4.08. The molecule has 2 aromatic carbocycles. The molecule has 1 aromatic heterocycles. The predicted octanol–water partition coefficient (Wildman–Crippen LogP) is 3.85. The van der Waals surface area contributed by atoms with Crippen LogP contribution in [0.25, 0.3) is 5.69 Å². The molecule has 1 N–H and O–H groups in total. The molecule has 6 heteroatoms. The van der Waals surface area contributed by atoms with E-state index in [0.717, 1.165) is 11.3 Å². The summed E-state index contributed by atoms with van der Waals surface area (Å²) in [4.78, 5) is 0. The quantitative estimate of drug-likeness (QED) is 0.715. The Morgan fingerprint density at radius 2 is 2.00 bits per heavy atom. The van der Waals surface area contributed by atoms with Gasteiger partial charge in [0.15, 0.2) is 5.16 Å². The van der Waals surface area contributed by atoms with Crippen molar-refractivity contribution < 1.29 is 9.50 Å². The number of aryl methyl sites for hydroxylation is 2. The molecule has 0 aliphatic rings. The molecule has 1 atom stereocenters. The minimum absolute atomic E-state index is 0.294. The number of thioether (sulfide) groups is 1. The molecule has 124 valence electrons. The van der Waals surface area contributed by atoms with Gasteiger partial charge in [-0.2, -0.15) is 0 Å². The molecule has 0 amide bonds. The van der Waals surface area contributed by atoms with Crippen LogP contribution in [0.2, 0.25) is 0 Å². The molecule has 0 spiro atoms. The van der Waals surface area contributed by atoms with Gasteiger partial charge in [-0.3, -0.25) is 4.57 Å². The van der Waals surface area contributed by atoms with Gasteiger partial charge in [-0.05, 0) is 31.5 Å². The fraction of sp³-hybridized carbons (Fsp3) is 0.222. The van der Waals surface area contributed by atoms with Crippen LogP contribution in [0.4, 0.5) is 4.39 Å². The van der Waals surface area contributed by atoms with Crippen LogP contribution in [0.1, 0.15) is 22.8 Å². The minimum Gasteiger partial charge on any atom is -0.387 e. The lowest BCUT2D eigenvalue weighted by molar-refractivity contribution is 0.199. The zero-order valence-electron chi connectivity index (χ0n) is 13.5. The summed E-state index contributed by atoms with van der Waals surface area (Å²) in [5.41, 5.74) is 3.59. The third kappa shape index (κ3) is 3.49. The van der Waals surface area contributed by atoms with Gasteiger partial charge in [0.05, 0.1) is 11.8 Å². The molecule has 1 unspecified atom stereocenters. The molecule has 0 radical (unpaired) electrons. The van der Waals surface area contributed by atoms with E-state index in [-0.39, 0.29) is 0 Å². The first-order valence-corrected chi connectivity index (χ1v) is 8.58. The predicted molar refractivity (Wildman–Crippen MR) is 92.9 cm³/mol. The Kier molecular flexibility index (Phi) is 4.97. The molecule has 0 saturated heterocycles. The molecule has 4 nitrogen and oxygen atoms in total. The van der Waals surface area contributed by atoms with Crippen LogP contribution in [0.3, 0.4) is 0 Å². The highest BCUT2D eigenvalue weighted by Gasteiger charge is 2.15. The first-order chi connectivity index (χ1) is 11.6. The Morgan fingerprint density at radius 1 is 1.21 bits per heavy atom. The minimum atomic E-state index is -0.902. The lowest BCUT2D eigenvalue weighted by Gasteiger charge is -2.13. The Bertz CT molecular complexity index is 850. The van der Waals surface area contributed by atoms with Crippen molar-refractivity contribution >= 4 is 11.8 Å². The Balaban J connectivity index is 1.78. The van der Waals surface area contributed by atoms with Crippen molar-refractivity contribution in [2.45, 2.75) is 25.1 Å². The zero-order valence-corrected chi connectivity index (χ0v) is 14.3. The molecule has 0 saturated carbocycles. The van der Waals surface area contributed by atoms with Gasteiger partial charge in [-0.15, -0.1) is 10.2 Å². The van der Waals surface area contributed by atoms with Crippen molar-refractivity contribution in [2.75, 3.05) is 5.75 Å². The number of hydrogen-bond donors (Lipinski definition) is 1. The maximum atomic E-state index is 13.7. The Hall–Kier alpha value is -2.18. The monoisotopic (exact) mass is 343 g/mol. The fourth-order valence-electron chi connectivity index (χ4n) is 2.55. The van der Waals surface area contributed by atoms with Gasteiger partial charge in [-0.25, -0.2) is 4.39 Å². The van der Waals surface area contributed by atoms with Crippen molar-refractivity contribution in [1.29, 1.82) is 0 Å². The summed E-state index contributed by atoms with van der Waals surface area (Å²) in [5, 5.41) is 19.0. The van der Waals surface area contributed by atoms with Crippen LogP contribution in [0.15, 0.2) is 53.9 Å². The Morgan fingerprint density at radius 3 is 2.75 bits per heavy atom. The molecular weight excluding hydrogens is 325 g/mol. The highest BCUT2D eigenvalue weighted by atomic mass is 32.2. The van der Waals surface area contributed by atoms with Crippen LogP contribution in [-0.2, 0) is 0 Å². The standard InChI is InChI=1S/C18H18FN3OS/c1-12-7-8-16(13(2)9-12)22-11-20-21-18(22)24-10-17(23)14-5-3-4-6-15(14)19/h3-9,11,17,23H,10H2,1-2H3. The second kappa shape index (κ2) is 7.15. The van der Waals surface area contributed by atoms with Crippen LogP contribution in [0.5, 0.6) is 0 Å². The van der Waals surface area contributed by atoms with Gasteiger partial charge < -0.3 is 5.11 Å². The van der Waals surface area contributed by atoms with Crippen molar-refractivity contribution in [3.05, 3.63) is 71.3 Å². The number of aliphatic hydroxyl groups is 1. The first kappa shape index (κ1) is 16.7. The average molecular weight is 343 g/mol. The summed E-state index contributed by atoms with van der Waals surface area (Å²) >= 11 is 1.35. The summed E-state index contributed by atoms with van der Waals surface area (Å²) in [6.07, 6.45) is 0.746. The third-order valence-electron chi connectivity index (χ3n) is 3.76. The van der Waals surface area contributed by atoms with E-state index in [9.17, 15) is 9.50 Å². The van der Waals surface area contributed by atoms with Gasteiger partial charge in [0.25, 0.3) is 0 Å². The van der Waals surface area contributed by atoms with E-state index in [2.05, 4.69) is 16.3 Å². The number of aliphatic hydroxyl groups excluding tert-OH is 1. The highest BCUT2D eigenvalue weighted by Crippen LogP contribution is 2.27. The lowest BCUT2D eigenvalue weighted by atomic mass is 10.1. The van der Waals surface area contributed by atoms with Crippen molar-refractivity contribution in [1.82, 2.24) is 14.8 Å². The third-order valence-corrected chi connectivity index (χ3v) is 4.78. The molecule has 0 aliphatic heterocycles. The molecule has 3 rings (SSSR count). The summed E-state index contributed by atoms with van der Waals surface area (Å²) in [5.74, 6) is -0.105. The molecular formula is C18H18FN3OS. The van der Waals surface area contributed by atoms with E-state index >= 15 is 0 Å². The summed E-state index contributed by atoms with van der Waals surface area (Å²) in [6, 6.07) is 12.4. The fourth-order valence-corrected chi connectivity index (χ4v) is 3.43. The normalized spacial score (nSPS) is 12.3. The van der Waals surface area contributed by atoms with E-state index in [1.807, 2.05) is 30.5 Å². The van der Waals surface area contributed by atoms with Gasteiger partial charge >= 0.3 is 0 Å². The highest BCUT2D eigenvalue weighted by molar-refractivity contribution is 7.99. The van der Waals surface area contributed by atoms with E-state index in [1.165, 1.54) is 23.4 Å². The lowest BCUT2D eigenvalue weighted by Crippen LogP contribution is -2.05. The summed E-state index contributed by atoms with van der Waals surface area (Å²) in [7, 11) is 0. The van der Waals surface area contributed by atoms with E-state index in [1.54, 1.807) is 24.5 Å². The molecule has 1 heterocycles. The van der Waals surface area contributed by atoms with Crippen molar-refractivity contribution in [3.63, 3.8) is 0 Å². The van der Waals surface area contributed by atoms with E-state index in [4.69, 9.17) is 0 Å². The number of halogens is 1. The molecule has 0 bridgehead atoms. The first-order valence-electron chi connectivity index (χ1n) is 7.59. The average Bonchev–Trinajstić information content (AvgIpc) is 3.01. The van der Waals surface area contributed by atoms with Gasteiger partial charge in [0.2, 0.25) is 0 Å². The van der Waals surface area contributed by atoms with E-state index < -0.39 is 11.9 Å². The number of hydrogen-bond acceptors (Lipinski definition) is 4. The van der Waals surface area contributed by atoms with Crippen LogP contribution < -0.4 is 0 Å². The van der Waals surface area contributed by atoms with Crippen LogP contribution in [0, 0.1) is 19.7 Å². The molecule has 0 fully saturated rings. The maximum absolute atomic E-state index is 13.7. The number of aromatic nitrogens is 3. The smallest absolute Gasteiger partial charge is 0.195 e. The van der Waals surface area contributed by atoms with Gasteiger partial charge in [-0.1, -0.05) is 47.7 Å². The molecule has 0 aliphatic carbocycles. The zero-order chi connectivity index (χ0) is 17.1. The van der Waals surface area contributed by atoms with Crippen molar-refractivity contribution in [3.8, 4) is 5.69 Å². The van der Waals surface area contributed by atoms with Gasteiger partial charge in [0, 0.05) is 11.3 Å². The largest absolute Gasteiger partial charge is 0.387 e. The van der Waals surface area contributed by atoms with Gasteiger partial charge in [0.1, 0.15) is 12.1 Å².